The Morgan fingerprint density at radius 3 is 2.83 bits per heavy atom. The fraction of sp³-hybridized carbons (Fsp3) is 0.600. The number of aliphatic hydroxyl groups is 1. The van der Waals surface area contributed by atoms with E-state index < -0.39 is 5.60 Å². The van der Waals surface area contributed by atoms with Crippen molar-refractivity contribution >= 4 is 11.6 Å². The number of hydrogen-bond donors (Lipinski definition) is 1. The maximum Gasteiger partial charge on any atom is 0.0937 e. The third-order valence-electron chi connectivity index (χ3n) is 3.95. The van der Waals surface area contributed by atoms with Gasteiger partial charge in [0.15, 0.2) is 0 Å². The molecule has 1 saturated carbocycles. The molecule has 0 spiro atoms. The highest BCUT2D eigenvalue weighted by atomic mass is 35.5. The van der Waals surface area contributed by atoms with Crippen LogP contribution >= 0.6 is 11.6 Å². The molecular weight excluding hydrogens is 246 g/mol. The minimum atomic E-state index is -0.715. The highest BCUT2D eigenvalue weighted by Crippen LogP contribution is 2.42. The first-order chi connectivity index (χ1) is 8.52. The van der Waals surface area contributed by atoms with E-state index in [1.165, 1.54) is 6.42 Å². The Kier molecular flexibility index (Phi) is 4.31. The SMILES string of the molecule is CN(C)C[C@H]1CCCC[C@@]1(O)c1cccc(Cl)c1. The van der Waals surface area contributed by atoms with E-state index in [9.17, 15) is 5.11 Å². The highest BCUT2D eigenvalue weighted by molar-refractivity contribution is 6.30. The molecule has 1 fully saturated rings. The van der Waals surface area contributed by atoms with Crippen molar-refractivity contribution in [1.29, 1.82) is 0 Å². The van der Waals surface area contributed by atoms with Gasteiger partial charge in [0.25, 0.3) is 0 Å². The summed E-state index contributed by atoms with van der Waals surface area (Å²) < 4.78 is 0. The molecule has 2 rings (SSSR count). The Morgan fingerprint density at radius 1 is 1.39 bits per heavy atom. The summed E-state index contributed by atoms with van der Waals surface area (Å²) in [6.45, 7) is 0.920. The molecular formula is C15H22ClNO. The molecule has 18 heavy (non-hydrogen) atoms. The molecule has 0 radical (unpaired) electrons. The molecule has 0 bridgehead atoms. The summed E-state index contributed by atoms with van der Waals surface area (Å²) in [6.07, 6.45) is 4.22. The Hall–Kier alpha value is -0.570. The molecule has 0 unspecified atom stereocenters. The molecule has 1 aromatic carbocycles. The van der Waals surface area contributed by atoms with Crippen LogP contribution in [-0.4, -0.2) is 30.6 Å². The second kappa shape index (κ2) is 5.60. The average molecular weight is 268 g/mol. The zero-order valence-electron chi connectivity index (χ0n) is 11.2. The first kappa shape index (κ1) is 13.9. The van der Waals surface area contributed by atoms with Crippen molar-refractivity contribution in [3.05, 3.63) is 34.9 Å². The molecule has 1 aromatic rings. The molecule has 0 saturated heterocycles. The molecule has 1 N–H and O–H groups in total. The van der Waals surface area contributed by atoms with Crippen LogP contribution in [0.2, 0.25) is 5.02 Å². The Bertz CT molecular complexity index is 407. The van der Waals surface area contributed by atoms with Crippen molar-refractivity contribution in [2.75, 3.05) is 20.6 Å². The zero-order chi connectivity index (χ0) is 13.2. The van der Waals surface area contributed by atoms with Gasteiger partial charge in [-0.05, 0) is 44.6 Å². The molecule has 0 aromatic heterocycles. The zero-order valence-corrected chi connectivity index (χ0v) is 12.0. The molecule has 0 aliphatic heterocycles. The van der Waals surface area contributed by atoms with E-state index in [4.69, 9.17) is 11.6 Å². The van der Waals surface area contributed by atoms with Gasteiger partial charge in [-0.3, -0.25) is 0 Å². The summed E-state index contributed by atoms with van der Waals surface area (Å²) in [6, 6.07) is 7.70. The van der Waals surface area contributed by atoms with Crippen LogP contribution in [0.15, 0.2) is 24.3 Å². The summed E-state index contributed by atoms with van der Waals surface area (Å²) >= 11 is 6.06. The normalized spacial score (nSPS) is 28.6. The fourth-order valence-corrected chi connectivity index (χ4v) is 3.24. The third-order valence-corrected chi connectivity index (χ3v) is 4.18. The minimum absolute atomic E-state index is 0.291. The van der Waals surface area contributed by atoms with E-state index in [0.29, 0.717) is 10.9 Å². The fourth-order valence-electron chi connectivity index (χ4n) is 3.05. The van der Waals surface area contributed by atoms with Gasteiger partial charge in [-0.2, -0.15) is 0 Å². The van der Waals surface area contributed by atoms with Crippen molar-refractivity contribution in [3.8, 4) is 0 Å². The standard InChI is InChI=1S/C15H22ClNO/c1-17(2)11-13-6-3-4-9-15(13,18)12-7-5-8-14(16)10-12/h5,7-8,10,13,18H,3-4,6,9,11H2,1-2H3/t13-,15-/m1/s1. The molecule has 0 heterocycles. The van der Waals surface area contributed by atoms with E-state index in [1.54, 1.807) is 0 Å². The Balaban J connectivity index is 2.29. The number of benzene rings is 1. The molecule has 3 heteroatoms. The molecule has 1 aliphatic carbocycles. The topological polar surface area (TPSA) is 23.5 Å². The summed E-state index contributed by atoms with van der Waals surface area (Å²) in [5, 5.41) is 11.8. The maximum atomic E-state index is 11.1. The van der Waals surface area contributed by atoms with Crippen LogP contribution < -0.4 is 0 Å². The average Bonchev–Trinajstić information content (AvgIpc) is 2.32. The summed E-state index contributed by atoms with van der Waals surface area (Å²) in [5.41, 5.74) is 0.259. The van der Waals surface area contributed by atoms with Gasteiger partial charge in [0.05, 0.1) is 5.60 Å². The van der Waals surface area contributed by atoms with Gasteiger partial charge in [0.2, 0.25) is 0 Å². The molecule has 0 amide bonds. The molecule has 2 atom stereocenters. The number of nitrogens with zero attached hydrogens (tertiary/aromatic N) is 1. The highest BCUT2D eigenvalue weighted by Gasteiger charge is 2.40. The van der Waals surface area contributed by atoms with E-state index in [2.05, 4.69) is 19.0 Å². The summed E-state index contributed by atoms with van der Waals surface area (Å²) in [7, 11) is 4.12. The second-order valence-corrected chi connectivity index (χ2v) is 6.08. The van der Waals surface area contributed by atoms with E-state index in [-0.39, 0.29) is 0 Å². The first-order valence-electron chi connectivity index (χ1n) is 6.65. The van der Waals surface area contributed by atoms with E-state index in [1.807, 2.05) is 24.3 Å². The minimum Gasteiger partial charge on any atom is -0.385 e. The summed E-state index contributed by atoms with van der Waals surface area (Å²) in [4.78, 5) is 2.16. The number of hydrogen-bond acceptors (Lipinski definition) is 2. The van der Waals surface area contributed by atoms with Crippen LogP contribution in [0.25, 0.3) is 0 Å². The smallest absolute Gasteiger partial charge is 0.0937 e. The largest absolute Gasteiger partial charge is 0.385 e. The van der Waals surface area contributed by atoms with Crippen molar-refractivity contribution < 1.29 is 5.11 Å². The lowest BCUT2D eigenvalue weighted by Crippen LogP contribution is -2.43. The summed E-state index contributed by atoms with van der Waals surface area (Å²) in [5.74, 6) is 0.291. The molecule has 100 valence electrons. The van der Waals surface area contributed by atoms with Gasteiger partial charge in [0.1, 0.15) is 0 Å². The van der Waals surface area contributed by atoms with Gasteiger partial charge in [-0.15, -0.1) is 0 Å². The lowest BCUT2D eigenvalue weighted by atomic mass is 9.71. The van der Waals surface area contributed by atoms with Crippen LogP contribution in [0.1, 0.15) is 31.2 Å². The lowest BCUT2D eigenvalue weighted by molar-refractivity contribution is -0.0618. The number of halogens is 1. The predicted octanol–water partition coefficient (Wildman–Crippen LogP) is 3.28. The molecule has 1 aliphatic rings. The van der Waals surface area contributed by atoms with Crippen LogP contribution in [0.5, 0.6) is 0 Å². The first-order valence-corrected chi connectivity index (χ1v) is 7.03. The van der Waals surface area contributed by atoms with Crippen LogP contribution in [-0.2, 0) is 5.60 Å². The Morgan fingerprint density at radius 2 is 2.17 bits per heavy atom. The van der Waals surface area contributed by atoms with Gasteiger partial charge >= 0.3 is 0 Å². The second-order valence-electron chi connectivity index (χ2n) is 5.64. The van der Waals surface area contributed by atoms with Crippen molar-refractivity contribution in [3.63, 3.8) is 0 Å². The van der Waals surface area contributed by atoms with Crippen LogP contribution in [0, 0.1) is 5.92 Å². The van der Waals surface area contributed by atoms with Gasteiger partial charge in [-0.25, -0.2) is 0 Å². The monoisotopic (exact) mass is 267 g/mol. The maximum absolute atomic E-state index is 11.1. The van der Waals surface area contributed by atoms with Crippen molar-refractivity contribution in [2.24, 2.45) is 5.92 Å². The Labute approximate surface area is 115 Å². The third kappa shape index (κ3) is 2.87. The lowest BCUT2D eigenvalue weighted by Gasteiger charge is -2.41. The van der Waals surface area contributed by atoms with Crippen molar-refractivity contribution in [1.82, 2.24) is 4.90 Å². The quantitative estimate of drug-likeness (QED) is 0.909. The van der Waals surface area contributed by atoms with E-state index in [0.717, 1.165) is 31.4 Å². The van der Waals surface area contributed by atoms with Gasteiger partial charge in [-0.1, -0.05) is 36.6 Å². The van der Waals surface area contributed by atoms with E-state index >= 15 is 0 Å². The van der Waals surface area contributed by atoms with Gasteiger partial charge < -0.3 is 10.0 Å². The van der Waals surface area contributed by atoms with Gasteiger partial charge in [0, 0.05) is 17.5 Å². The predicted molar refractivity (Wildman–Crippen MR) is 75.9 cm³/mol. The molecule has 2 nitrogen and oxygen atoms in total. The number of rotatable bonds is 3. The van der Waals surface area contributed by atoms with Crippen LogP contribution in [0.4, 0.5) is 0 Å². The van der Waals surface area contributed by atoms with Crippen LogP contribution in [0.3, 0.4) is 0 Å². The van der Waals surface area contributed by atoms with Crippen molar-refractivity contribution in [2.45, 2.75) is 31.3 Å².